The summed E-state index contributed by atoms with van der Waals surface area (Å²) in [5, 5.41) is 19.4. The van der Waals surface area contributed by atoms with E-state index >= 15 is 0 Å². The molecule has 0 aromatic heterocycles. The summed E-state index contributed by atoms with van der Waals surface area (Å²) in [5.41, 5.74) is 6.94. The van der Waals surface area contributed by atoms with Crippen molar-refractivity contribution in [2.75, 3.05) is 0 Å². The van der Waals surface area contributed by atoms with Gasteiger partial charge in [-0.3, -0.25) is 0 Å². The molecule has 0 saturated heterocycles. The van der Waals surface area contributed by atoms with Gasteiger partial charge in [-0.2, -0.15) is 0 Å². The van der Waals surface area contributed by atoms with Crippen LogP contribution in [-0.2, 0) is 0 Å². The zero-order valence-corrected chi connectivity index (χ0v) is 8.92. The molecule has 14 heavy (non-hydrogen) atoms. The Morgan fingerprint density at radius 2 is 2.00 bits per heavy atom. The van der Waals surface area contributed by atoms with Gasteiger partial charge in [0.25, 0.3) is 0 Å². The van der Waals surface area contributed by atoms with Gasteiger partial charge in [0.05, 0.1) is 12.1 Å². The number of aromatic hydroxyl groups is 1. The molecule has 0 spiro atoms. The summed E-state index contributed by atoms with van der Waals surface area (Å²) in [6.07, 6.45) is -0.723. The second-order valence-electron chi connectivity index (χ2n) is 3.43. The van der Waals surface area contributed by atoms with Gasteiger partial charge in [-0.25, -0.2) is 0 Å². The number of aliphatic hydroxyl groups is 1. The van der Waals surface area contributed by atoms with Crippen LogP contribution in [0.1, 0.15) is 24.1 Å². The number of aliphatic hydroxyl groups excluding tert-OH is 1. The summed E-state index contributed by atoms with van der Waals surface area (Å²) in [4.78, 5) is 0. The summed E-state index contributed by atoms with van der Waals surface area (Å²) in [6.45, 7) is 3.36. The molecular formula is C10H14ClNO2. The van der Waals surface area contributed by atoms with E-state index < -0.39 is 12.1 Å². The molecule has 0 fully saturated rings. The van der Waals surface area contributed by atoms with Crippen molar-refractivity contribution < 1.29 is 10.2 Å². The van der Waals surface area contributed by atoms with E-state index in [1.54, 1.807) is 26.0 Å². The molecule has 2 atom stereocenters. The number of hydrogen-bond donors (Lipinski definition) is 3. The summed E-state index contributed by atoms with van der Waals surface area (Å²) in [5.74, 6) is 0.0697. The molecule has 0 heterocycles. The summed E-state index contributed by atoms with van der Waals surface area (Å²) >= 11 is 5.89. The van der Waals surface area contributed by atoms with Gasteiger partial charge in [0.1, 0.15) is 5.75 Å². The van der Waals surface area contributed by atoms with Crippen LogP contribution in [-0.4, -0.2) is 16.3 Å². The van der Waals surface area contributed by atoms with Gasteiger partial charge >= 0.3 is 0 Å². The Kier molecular flexibility index (Phi) is 3.37. The molecule has 0 amide bonds. The molecule has 1 rings (SSSR count). The molecule has 4 heteroatoms. The molecule has 4 N–H and O–H groups in total. The van der Waals surface area contributed by atoms with Crippen molar-refractivity contribution in [1.82, 2.24) is 0 Å². The molecule has 1 aromatic rings. The van der Waals surface area contributed by atoms with Crippen LogP contribution in [0.15, 0.2) is 12.1 Å². The highest BCUT2D eigenvalue weighted by Crippen LogP contribution is 2.30. The number of hydrogen-bond acceptors (Lipinski definition) is 3. The Morgan fingerprint density at radius 3 is 2.50 bits per heavy atom. The predicted octanol–water partition coefficient (Wildman–Crippen LogP) is 1.73. The maximum atomic E-state index is 9.59. The quantitative estimate of drug-likeness (QED) is 0.704. The highest BCUT2D eigenvalue weighted by atomic mass is 35.5. The summed E-state index contributed by atoms with van der Waals surface area (Å²) in [7, 11) is 0. The van der Waals surface area contributed by atoms with Gasteiger partial charge in [-0.05, 0) is 31.5 Å². The minimum absolute atomic E-state index is 0.0697. The van der Waals surface area contributed by atoms with E-state index in [0.717, 1.165) is 5.56 Å². The Balaban J connectivity index is 3.15. The lowest BCUT2D eigenvalue weighted by Gasteiger charge is -2.17. The molecule has 0 unspecified atom stereocenters. The van der Waals surface area contributed by atoms with Gasteiger partial charge < -0.3 is 15.9 Å². The number of phenols is 1. The number of halogens is 1. The van der Waals surface area contributed by atoms with E-state index in [-0.39, 0.29) is 5.75 Å². The van der Waals surface area contributed by atoms with Crippen LogP contribution in [0.25, 0.3) is 0 Å². The van der Waals surface area contributed by atoms with Crippen LogP contribution in [0.4, 0.5) is 0 Å². The van der Waals surface area contributed by atoms with Crippen molar-refractivity contribution >= 4 is 11.6 Å². The van der Waals surface area contributed by atoms with Gasteiger partial charge in [0.15, 0.2) is 0 Å². The Hall–Kier alpha value is -0.770. The fraction of sp³-hybridized carbons (Fsp3) is 0.400. The largest absolute Gasteiger partial charge is 0.508 e. The van der Waals surface area contributed by atoms with Crippen molar-refractivity contribution in [2.24, 2.45) is 5.73 Å². The number of benzene rings is 1. The average Bonchev–Trinajstić information content (AvgIpc) is 2.10. The average molecular weight is 216 g/mol. The SMILES string of the molecule is Cc1cc(O)c([C@H](N)[C@@H](C)O)cc1Cl. The minimum atomic E-state index is -0.723. The Bertz CT molecular complexity index is 339. The first kappa shape index (κ1) is 11.3. The lowest BCUT2D eigenvalue weighted by molar-refractivity contribution is 0.163. The van der Waals surface area contributed by atoms with Crippen molar-refractivity contribution in [3.05, 3.63) is 28.3 Å². The van der Waals surface area contributed by atoms with E-state index in [1.165, 1.54) is 0 Å². The van der Waals surface area contributed by atoms with Crippen LogP contribution >= 0.6 is 11.6 Å². The second kappa shape index (κ2) is 4.17. The zero-order valence-electron chi connectivity index (χ0n) is 8.16. The number of rotatable bonds is 2. The van der Waals surface area contributed by atoms with Gasteiger partial charge in [0, 0.05) is 10.6 Å². The monoisotopic (exact) mass is 215 g/mol. The van der Waals surface area contributed by atoms with E-state index in [2.05, 4.69) is 0 Å². The highest BCUT2D eigenvalue weighted by Gasteiger charge is 2.17. The molecule has 0 saturated carbocycles. The molecule has 3 nitrogen and oxygen atoms in total. The van der Waals surface area contributed by atoms with Crippen molar-refractivity contribution in [1.29, 1.82) is 0 Å². The lowest BCUT2D eigenvalue weighted by atomic mass is 10.0. The van der Waals surface area contributed by atoms with Crippen molar-refractivity contribution in [3.63, 3.8) is 0 Å². The Morgan fingerprint density at radius 1 is 1.43 bits per heavy atom. The highest BCUT2D eigenvalue weighted by molar-refractivity contribution is 6.31. The molecule has 78 valence electrons. The van der Waals surface area contributed by atoms with E-state index in [0.29, 0.717) is 10.6 Å². The van der Waals surface area contributed by atoms with Crippen LogP contribution in [0.3, 0.4) is 0 Å². The zero-order chi connectivity index (χ0) is 10.9. The van der Waals surface area contributed by atoms with Crippen LogP contribution < -0.4 is 5.73 Å². The maximum Gasteiger partial charge on any atom is 0.120 e. The molecule has 0 aliphatic heterocycles. The third kappa shape index (κ3) is 2.18. The molecule has 0 bridgehead atoms. The van der Waals surface area contributed by atoms with Gasteiger partial charge in [0.2, 0.25) is 0 Å². The Labute approximate surface area is 88.1 Å². The van der Waals surface area contributed by atoms with Crippen LogP contribution in [0.5, 0.6) is 5.75 Å². The smallest absolute Gasteiger partial charge is 0.120 e. The minimum Gasteiger partial charge on any atom is -0.508 e. The van der Waals surface area contributed by atoms with Crippen LogP contribution in [0.2, 0.25) is 5.02 Å². The topological polar surface area (TPSA) is 66.5 Å². The number of phenolic OH excluding ortho intramolecular Hbond substituents is 1. The molecule has 0 radical (unpaired) electrons. The third-order valence-corrected chi connectivity index (χ3v) is 2.59. The fourth-order valence-corrected chi connectivity index (χ4v) is 1.38. The third-order valence-electron chi connectivity index (χ3n) is 2.19. The summed E-state index contributed by atoms with van der Waals surface area (Å²) in [6, 6.07) is 2.51. The number of nitrogens with two attached hydrogens (primary N) is 1. The van der Waals surface area contributed by atoms with Gasteiger partial charge in [-0.15, -0.1) is 0 Å². The maximum absolute atomic E-state index is 9.59. The van der Waals surface area contributed by atoms with E-state index in [9.17, 15) is 10.2 Å². The van der Waals surface area contributed by atoms with Crippen molar-refractivity contribution in [2.45, 2.75) is 26.0 Å². The van der Waals surface area contributed by atoms with Gasteiger partial charge in [-0.1, -0.05) is 11.6 Å². The first-order valence-electron chi connectivity index (χ1n) is 4.36. The van der Waals surface area contributed by atoms with E-state index in [4.69, 9.17) is 17.3 Å². The standard InChI is InChI=1S/C10H14ClNO2/c1-5-3-9(14)7(4-8(5)11)10(12)6(2)13/h3-4,6,10,13-14H,12H2,1-2H3/t6-,10-/m1/s1. The second-order valence-corrected chi connectivity index (χ2v) is 3.83. The summed E-state index contributed by atoms with van der Waals surface area (Å²) < 4.78 is 0. The molecule has 0 aliphatic carbocycles. The molecule has 1 aromatic carbocycles. The van der Waals surface area contributed by atoms with E-state index in [1.807, 2.05) is 0 Å². The predicted molar refractivity (Wildman–Crippen MR) is 56.5 cm³/mol. The fourth-order valence-electron chi connectivity index (χ4n) is 1.21. The first-order valence-corrected chi connectivity index (χ1v) is 4.74. The van der Waals surface area contributed by atoms with Crippen molar-refractivity contribution in [3.8, 4) is 5.75 Å². The number of aryl methyl sites for hydroxylation is 1. The first-order chi connectivity index (χ1) is 6.43. The molecular weight excluding hydrogens is 202 g/mol. The lowest BCUT2D eigenvalue weighted by Crippen LogP contribution is -2.23. The normalized spacial score (nSPS) is 15.2. The molecule has 0 aliphatic rings. The van der Waals surface area contributed by atoms with Crippen LogP contribution in [0, 0.1) is 6.92 Å².